The summed E-state index contributed by atoms with van der Waals surface area (Å²) in [7, 11) is 0. The monoisotopic (exact) mass is 481 g/mol. The zero-order valence-corrected chi connectivity index (χ0v) is 19.3. The van der Waals surface area contributed by atoms with Crippen molar-refractivity contribution in [2.45, 2.75) is 24.2 Å². The summed E-state index contributed by atoms with van der Waals surface area (Å²) in [6.45, 7) is 5.30. The molecule has 0 saturated carbocycles. The molecular formula is C22H22Cl3N3O3. The minimum absolute atomic E-state index is 0.171. The zero-order chi connectivity index (χ0) is 22.6. The van der Waals surface area contributed by atoms with Gasteiger partial charge >= 0.3 is 6.09 Å². The molecule has 6 nitrogen and oxygen atoms in total. The van der Waals surface area contributed by atoms with E-state index in [1.807, 2.05) is 67.1 Å². The van der Waals surface area contributed by atoms with Crippen molar-refractivity contribution in [2.24, 2.45) is 0 Å². The van der Waals surface area contributed by atoms with E-state index in [4.69, 9.17) is 39.5 Å². The molecule has 164 valence electrons. The molecule has 0 bridgehead atoms. The van der Waals surface area contributed by atoms with Crippen molar-refractivity contribution >= 4 is 63.4 Å². The van der Waals surface area contributed by atoms with E-state index in [9.17, 15) is 9.59 Å². The van der Waals surface area contributed by atoms with E-state index in [1.54, 1.807) is 6.07 Å². The number of amides is 2. The molecule has 3 rings (SSSR count). The molecule has 9 heteroatoms. The van der Waals surface area contributed by atoms with E-state index in [1.165, 1.54) is 4.90 Å². The van der Waals surface area contributed by atoms with Gasteiger partial charge < -0.3 is 19.5 Å². The summed E-state index contributed by atoms with van der Waals surface area (Å²) in [5.41, 5.74) is 2.20. The van der Waals surface area contributed by atoms with Crippen molar-refractivity contribution in [3.05, 3.63) is 60.3 Å². The number of carbonyl (C=O) groups excluding carboxylic acids is 2. The number of nitrogens with zero attached hydrogens (tertiary/aromatic N) is 2. The van der Waals surface area contributed by atoms with Gasteiger partial charge in [-0.05, 0) is 37.6 Å². The SMILES string of the molecule is CCN(CC)C(=O)Oc1ccc2c(ccn2Cc2ccccc2)c1NC(=O)C(Cl)(Cl)Cl. The normalized spacial score (nSPS) is 11.4. The second-order valence-corrected chi connectivity index (χ2v) is 9.07. The molecule has 0 aliphatic carbocycles. The van der Waals surface area contributed by atoms with Crippen LogP contribution in [0.3, 0.4) is 0 Å². The summed E-state index contributed by atoms with van der Waals surface area (Å²) >= 11 is 17.2. The van der Waals surface area contributed by atoms with E-state index in [0.717, 1.165) is 11.1 Å². The molecule has 31 heavy (non-hydrogen) atoms. The first-order valence-corrected chi connectivity index (χ1v) is 10.9. The van der Waals surface area contributed by atoms with Crippen molar-refractivity contribution in [1.29, 1.82) is 0 Å². The lowest BCUT2D eigenvalue weighted by atomic mass is 10.2. The number of aromatic nitrogens is 1. The molecule has 0 fully saturated rings. The number of nitrogens with one attached hydrogen (secondary N) is 1. The number of ether oxygens (including phenoxy) is 1. The lowest BCUT2D eigenvalue weighted by Gasteiger charge is -2.20. The van der Waals surface area contributed by atoms with Crippen LogP contribution in [0.5, 0.6) is 5.75 Å². The third kappa shape index (κ3) is 5.45. The predicted molar refractivity (Wildman–Crippen MR) is 125 cm³/mol. The van der Waals surface area contributed by atoms with Crippen LogP contribution in [0.4, 0.5) is 10.5 Å². The second kappa shape index (κ2) is 9.81. The molecule has 3 aromatic rings. The van der Waals surface area contributed by atoms with Gasteiger partial charge in [-0.3, -0.25) is 4.79 Å². The Morgan fingerprint density at radius 2 is 1.71 bits per heavy atom. The fraction of sp³-hybridized carbons (Fsp3) is 0.273. The van der Waals surface area contributed by atoms with Crippen molar-refractivity contribution in [3.63, 3.8) is 0 Å². The molecule has 0 aliphatic rings. The highest BCUT2D eigenvalue weighted by Crippen LogP contribution is 2.37. The summed E-state index contributed by atoms with van der Waals surface area (Å²) in [6.07, 6.45) is 1.36. The highest BCUT2D eigenvalue weighted by molar-refractivity contribution is 6.76. The summed E-state index contributed by atoms with van der Waals surface area (Å²) in [4.78, 5) is 26.4. The standard InChI is InChI=1S/C22H22Cl3N3O3/c1-3-27(4-2)21(30)31-18-11-10-17-16(19(18)26-20(29)22(23,24)25)12-13-28(17)14-15-8-6-5-7-9-15/h5-13H,3-4,14H2,1-2H3,(H,26,29). The van der Waals surface area contributed by atoms with E-state index >= 15 is 0 Å². The second-order valence-electron chi connectivity index (χ2n) is 6.79. The highest BCUT2D eigenvalue weighted by atomic mass is 35.6. The van der Waals surface area contributed by atoms with Gasteiger partial charge in [0, 0.05) is 31.2 Å². The number of fused-ring (bicyclic) bond motifs is 1. The van der Waals surface area contributed by atoms with Gasteiger partial charge in [0.05, 0.1) is 11.2 Å². The van der Waals surface area contributed by atoms with Crippen molar-refractivity contribution in [1.82, 2.24) is 9.47 Å². The summed E-state index contributed by atoms with van der Waals surface area (Å²) in [5, 5.41) is 3.26. The van der Waals surface area contributed by atoms with Crippen molar-refractivity contribution in [3.8, 4) is 5.75 Å². The first kappa shape index (κ1) is 23.3. The lowest BCUT2D eigenvalue weighted by molar-refractivity contribution is -0.115. The maximum Gasteiger partial charge on any atom is 0.415 e. The molecule has 2 amide bonds. The van der Waals surface area contributed by atoms with Crippen molar-refractivity contribution in [2.75, 3.05) is 18.4 Å². The Morgan fingerprint density at radius 3 is 2.32 bits per heavy atom. The van der Waals surface area contributed by atoms with Gasteiger partial charge in [0.15, 0.2) is 5.75 Å². The van der Waals surface area contributed by atoms with Gasteiger partial charge in [-0.1, -0.05) is 65.1 Å². The minimum Gasteiger partial charge on any atom is -0.408 e. The number of alkyl halides is 3. The van der Waals surface area contributed by atoms with Crippen LogP contribution in [0.25, 0.3) is 10.9 Å². The topological polar surface area (TPSA) is 63.6 Å². The molecular weight excluding hydrogens is 461 g/mol. The largest absolute Gasteiger partial charge is 0.415 e. The van der Waals surface area contributed by atoms with E-state index < -0.39 is 15.8 Å². The van der Waals surface area contributed by atoms with Gasteiger partial charge in [-0.25, -0.2) is 4.79 Å². The molecule has 0 atom stereocenters. The molecule has 0 saturated heterocycles. The lowest BCUT2D eigenvalue weighted by Crippen LogP contribution is -2.33. The van der Waals surface area contributed by atoms with Gasteiger partial charge in [-0.15, -0.1) is 0 Å². The highest BCUT2D eigenvalue weighted by Gasteiger charge is 2.32. The Labute approximate surface area is 195 Å². The molecule has 0 unspecified atom stereocenters. The molecule has 0 spiro atoms. The molecule has 2 aromatic carbocycles. The van der Waals surface area contributed by atoms with Crippen LogP contribution in [-0.2, 0) is 11.3 Å². The third-order valence-electron chi connectivity index (χ3n) is 4.83. The summed E-state index contributed by atoms with van der Waals surface area (Å²) < 4.78 is 5.42. The van der Waals surface area contributed by atoms with E-state index in [-0.39, 0.29) is 11.4 Å². The van der Waals surface area contributed by atoms with Gasteiger partial charge in [-0.2, -0.15) is 0 Å². The molecule has 1 aromatic heterocycles. The number of hydrogen-bond donors (Lipinski definition) is 1. The predicted octanol–water partition coefficient (Wildman–Crippen LogP) is 5.84. The number of carbonyl (C=O) groups is 2. The number of rotatable bonds is 6. The first-order chi connectivity index (χ1) is 14.7. The molecule has 0 radical (unpaired) electrons. The fourth-order valence-corrected chi connectivity index (χ4v) is 3.35. The van der Waals surface area contributed by atoms with Crippen LogP contribution >= 0.6 is 34.8 Å². The van der Waals surface area contributed by atoms with Crippen LogP contribution in [-0.4, -0.2) is 38.3 Å². The van der Waals surface area contributed by atoms with Gasteiger partial charge in [0.25, 0.3) is 9.70 Å². The van der Waals surface area contributed by atoms with Crippen LogP contribution < -0.4 is 10.1 Å². The smallest absolute Gasteiger partial charge is 0.408 e. The minimum atomic E-state index is -2.17. The third-order valence-corrected chi connectivity index (χ3v) is 5.34. The van der Waals surface area contributed by atoms with Gasteiger partial charge in [0.1, 0.15) is 0 Å². The average Bonchev–Trinajstić information content (AvgIpc) is 3.13. The summed E-state index contributed by atoms with van der Waals surface area (Å²) in [6, 6.07) is 15.2. The Kier molecular flexibility index (Phi) is 7.36. The average molecular weight is 483 g/mol. The zero-order valence-electron chi connectivity index (χ0n) is 17.1. The van der Waals surface area contributed by atoms with E-state index in [0.29, 0.717) is 25.0 Å². The fourth-order valence-electron chi connectivity index (χ4n) is 3.21. The van der Waals surface area contributed by atoms with Crippen molar-refractivity contribution < 1.29 is 14.3 Å². The summed E-state index contributed by atoms with van der Waals surface area (Å²) in [5.74, 6) is -0.676. The van der Waals surface area contributed by atoms with Crippen LogP contribution in [0.1, 0.15) is 19.4 Å². The number of benzene rings is 2. The Bertz CT molecular complexity index is 1070. The van der Waals surface area contributed by atoms with E-state index in [2.05, 4.69) is 5.32 Å². The quantitative estimate of drug-likeness (QED) is 0.449. The molecule has 1 N–H and O–H groups in total. The van der Waals surface area contributed by atoms with Crippen LogP contribution in [0, 0.1) is 0 Å². The number of hydrogen-bond acceptors (Lipinski definition) is 3. The maximum atomic E-state index is 12.5. The Hall–Kier alpha value is -2.41. The number of anilines is 1. The Morgan fingerprint density at radius 1 is 1.03 bits per heavy atom. The number of halogens is 3. The maximum absolute atomic E-state index is 12.5. The molecule has 0 aliphatic heterocycles. The van der Waals surface area contributed by atoms with Crippen LogP contribution in [0.15, 0.2) is 54.7 Å². The Balaban J connectivity index is 2.03. The van der Waals surface area contributed by atoms with Gasteiger partial charge in [0.2, 0.25) is 0 Å². The van der Waals surface area contributed by atoms with Crippen LogP contribution in [0.2, 0.25) is 0 Å². The first-order valence-electron chi connectivity index (χ1n) is 9.75. The molecule has 1 heterocycles.